The predicted molar refractivity (Wildman–Crippen MR) is 352 cm³/mol. The van der Waals surface area contributed by atoms with Crippen LogP contribution in [0.2, 0.25) is 10.0 Å². The number of nitrogens with zero attached hydrogens (tertiary/aromatic N) is 3. The van der Waals surface area contributed by atoms with Crippen LogP contribution in [0.5, 0.6) is 11.5 Å². The van der Waals surface area contributed by atoms with E-state index in [1.807, 2.05) is 196 Å². The Labute approximate surface area is 535 Å². The number of carbonyl (C=O) groups is 6. The smallest absolute Gasteiger partial charge is 0.307 e. The summed E-state index contributed by atoms with van der Waals surface area (Å²) in [5.74, 6) is -7.68. The number of para-hydroxylation sites is 1. The van der Waals surface area contributed by atoms with Gasteiger partial charge in [0, 0.05) is 59.9 Å². The molecule has 6 unspecified atom stereocenters. The second-order valence-corrected chi connectivity index (χ2v) is 24.2. The van der Waals surface area contributed by atoms with E-state index in [1.54, 1.807) is 33.3 Å². The van der Waals surface area contributed by atoms with Crippen molar-refractivity contribution < 1.29 is 58.7 Å². The molecule has 15 nitrogen and oxygen atoms in total. The number of thiazole rings is 1. The van der Waals surface area contributed by atoms with E-state index in [1.165, 1.54) is 0 Å². The fourth-order valence-electron chi connectivity index (χ4n) is 11.3. The highest BCUT2D eigenvalue weighted by Gasteiger charge is 2.34. The Kier molecular flexibility index (Phi) is 22.2. The molecule has 0 saturated carbocycles. The van der Waals surface area contributed by atoms with Crippen LogP contribution in [0.1, 0.15) is 97.0 Å². The molecular weight excluding hydrogens is 1200 g/mol. The summed E-state index contributed by atoms with van der Waals surface area (Å²) in [6.45, 7) is 4.54. The number of fused-ring (bicyclic) bond motifs is 4. The molecule has 0 fully saturated rings. The Hall–Kier alpha value is -9.35. The van der Waals surface area contributed by atoms with E-state index in [0.717, 1.165) is 64.6 Å². The summed E-state index contributed by atoms with van der Waals surface area (Å²) in [4.78, 5) is 82.7. The SMILES string of the molecule is CC(C(C/C=C/c1ccc2c(c1)OCO2)c1ccc(Cl)cc1)N(Cc1ccc2ccccc2c1)C(=O)CC(CC(=O)O)C(=O)O.CC(C(C/C=C/c1nc2ccccc2s1)c1ccc(Cl)cc1)N(Cc1ccc2ccccc2c1)C(=O)CC(CC(=O)O)C(=O)O. The van der Waals surface area contributed by atoms with Crippen molar-refractivity contribution in [2.75, 3.05) is 6.79 Å². The molecule has 2 heterocycles. The second kappa shape index (κ2) is 30.7. The Morgan fingerprint density at radius 1 is 0.522 bits per heavy atom. The van der Waals surface area contributed by atoms with Crippen LogP contribution < -0.4 is 9.47 Å². The van der Waals surface area contributed by atoms with Crippen molar-refractivity contribution >= 4 is 114 Å². The number of carboxylic acid groups (broad SMARTS) is 4. The highest BCUT2D eigenvalue weighted by molar-refractivity contribution is 7.19. The van der Waals surface area contributed by atoms with Gasteiger partial charge in [0.1, 0.15) is 5.01 Å². The fraction of sp³-hybridized carbons (Fsp3) is 0.236. The molecule has 1 aliphatic heterocycles. The summed E-state index contributed by atoms with van der Waals surface area (Å²) in [5, 5.41) is 44.3. The fourth-order valence-corrected chi connectivity index (χ4v) is 12.4. The maximum atomic E-state index is 14.0. The molecule has 0 saturated heterocycles. The first kappa shape index (κ1) is 65.1. The van der Waals surface area contributed by atoms with Crippen LogP contribution in [0.4, 0.5) is 0 Å². The lowest BCUT2D eigenvalue weighted by Gasteiger charge is -2.36. The standard InChI is InChI=1S/C36H33ClN2O5S.C36H34ClNO7/c1-23(30(26-15-17-29(37)18-16-26)9-6-12-33-38-31-10-4-5-11-32(31)45-33)39(34(40)20-28(36(43)44)21-35(41)42)22-24-13-14-25-7-2-3-8-27(25)19-24;1-23(31(27-12-14-30(37)15-13-27)8-4-5-24-10-16-32-33(18-24)45-22-44-32)38(34(39)19-29(36(42)43)20-35(40)41)21-25-9-11-26-6-2-3-7-28(26)17-25/h2-8,10-19,23,28,30H,9,20-22H2,1H3,(H,41,42)(H,43,44);2-7,9-18,23,29,31H,8,19-22H2,1H3,(H,40,41)(H,42,43)/b12-6+;5-4+. The first-order valence-electron chi connectivity index (χ1n) is 29.4. The molecular formula is C72H67Cl2N3O12S. The molecule has 6 atom stereocenters. The zero-order valence-corrected chi connectivity index (χ0v) is 51.8. The van der Waals surface area contributed by atoms with Gasteiger partial charge in [0.15, 0.2) is 11.5 Å². The first-order chi connectivity index (χ1) is 43.3. The van der Waals surface area contributed by atoms with Gasteiger partial charge in [-0.2, -0.15) is 0 Å². The van der Waals surface area contributed by atoms with Gasteiger partial charge in [-0.3, -0.25) is 28.8 Å². The number of hydrogen-bond donors (Lipinski definition) is 4. The van der Waals surface area contributed by atoms with Crippen molar-refractivity contribution in [3.63, 3.8) is 0 Å². The summed E-state index contributed by atoms with van der Waals surface area (Å²) < 4.78 is 12.0. The minimum atomic E-state index is -1.35. The average molecular weight is 1270 g/mol. The van der Waals surface area contributed by atoms with E-state index in [9.17, 15) is 49.2 Å². The zero-order chi connectivity index (χ0) is 63.8. The number of rotatable bonds is 26. The van der Waals surface area contributed by atoms with Crippen LogP contribution in [0.3, 0.4) is 0 Å². The van der Waals surface area contributed by atoms with Crippen molar-refractivity contribution in [1.29, 1.82) is 0 Å². The third-order valence-electron chi connectivity index (χ3n) is 16.2. The van der Waals surface area contributed by atoms with Gasteiger partial charge >= 0.3 is 23.9 Å². The average Bonchev–Trinajstić information content (AvgIpc) is 2.79. The minimum Gasteiger partial charge on any atom is -0.481 e. The Bertz CT molecular complexity index is 4060. The summed E-state index contributed by atoms with van der Waals surface area (Å²) >= 11 is 14.0. The topological polar surface area (TPSA) is 221 Å². The molecule has 1 aromatic heterocycles. The van der Waals surface area contributed by atoms with Gasteiger partial charge in [0.05, 0.1) is 34.9 Å². The van der Waals surface area contributed by atoms with Crippen LogP contribution in [0.15, 0.2) is 188 Å². The molecule has 18 heteroatoms. The minimum absolute atomic E-state index is 0.181. The number of ether oxygens (including phenoxy) is 2. The molecule has 0 bridgehead atoms. The van der Waals surface area contributed by atoms with Gasteiger partial charge in [0.2, 0.25) is 18.6 Å². The summed E-state index contributed by atoms with van der Waals surface area (Å²) in [6, 6.07) is 55.7. The number of halogens is 2. The van der Waals surface area contributed by atoms with E-state index in [4.69, 9.17) is 37.7 Å². The molecule has 9 aromatic rings. The molecule has 0 aliphatic carbocycles. The van der Waals surface area contributed by atoms with Gasteiger partial charge in [-0.15, -0.1) is 11.3 Å². The number of aliphatic carboxylic acids is 4. The van der Waals surface area contributed by atoms with E-state index in [2.05, 4.69) is 6.08 Å². The maximum absolute atomic E-state index is 14.0. The number of hydrogen-bond acceptors (Lipinski definition) is 10. The van der Waals surface area contributed by atoms with Crippen molar-refractivity contribution in [1.82, 2.24) is 14.8 Å². The lowest BCUT2D eigenvalue weighted by molar-refractivity contribution is -0.151. The van der Waals surface area contributed by atoms with Crippen molar-refractivity contribution in [2.45, 2.75) is 89.4 Å². The van der Waals surface area contributed by atoms with Crippen LogP contribution >= 0.6 is 34.5 Å². The number of carbonyl (C=O) groups excluding carboxylic acids is 2. The Morgan fingerprint density at radius 2 is 0.978 bits per heavy atom. The molecule has 8 aromatic carbocycles. The Balaban J connectivity index is 0.000000213. The quantitative estimate of drug-likeness (QED) is 0.0397. The third kappa shape index (κ3) is 17.5. The maximum Gasteiger partial charge on any atom is 0.307 e. The number of allylic oxidation sites excluding steroid dienone is 2. The zero-order valence-electron chi connectivity index (χ0n) is 49.4. The summed E-state index contributed by atoms with van der Waals surface area (Å²) in [6.07, 6.45) is 7.06. The van der Waals surface area contributed by atoms with E-state index >= 15 is 0 Å². The second-order valence-electron chi connectivity index (χ2n) is 22.3. The highest BCUT2D eigenvalue weighted by atomic mass is 35.5. The van der Waals surface area contributed by atoms with E-state index in [-0.39, 0.29) is 37.8 Å². The van der Waals surface area contributed by atoms with Gasteiger partial charge in [-0.05, 0) is 143 Å². The lowest BCUT2D eigenvalue weighted by atomic mass is 9.87. The molecule has 4 N–H and O–H groups in total. The molecule has 2 amide bonds. The monoisotopic (exact) mass is 1270 g/mol. The van der Waals surface area contributed by atoms with E-state index in [0.29, 0.717) is 34.4 Å². The number of carboxylic acids is 4. The number of amides is 2. The van der Waals surface area contributed by atoms with Crippen LogP contribution in [0.25, 0.3) is 43.9 Å². The predicted octanol–water partition coefficient (Wildman–Crippen LogP) is 15.7. The first-order valence-corrected chi connectivity index (χ1v) is 31.0. The van der Waals surface area contributed by atoms with Crippen molar-refractivity contribution in [3.05, 3.63) is 231 Å². The molecule has 0 radical (unpaired) electrons. The number of benzene rings is 8. The molecule has 462 valence electrons. The third-order valence-corrected chi connectivity index (χ3v) is 17.7. The molecule has 0 spiro atoms. The van der Waals surface area contributed by atoms with Gasteiger partial charge in [-0.25, -0.2) is 4.98 Å². The van der Waals surface area contributed by atoms with Crippen LogP contribution in [-0.4, -0.2) is 89.8 Å². The van der Waals surface area contributed by atoms with Gasteiger partial charge < -0.3 is 39.7 Å². The van der Waals surface area contributed by atoms with E-state index < -0.39 is 79.3 Å². The molecule has 1 aliphatic rings. The normalized spacial score (nSPS) is 13.9. The Morgan fingerprint density at radius 3 is 1.46 bits per heavy atom. The lowest BCUT2D eigenvalue weighted by Crippen LogP contribution is -2.43. The van der Waals surface area contributed by atoms with Crippen LogP contribution in [-0.2, 0) is 41.9 Å². The van der Waals surface area contributed by atoms with Crippen molar-refractivity contribution in [3.8, 4) is 11.5 Å². The van der Waals surface area contributed by atoms with Gasteiger partial charge in [-0.1, -0.05) is 157 Å². The largest absolute Gasteiger partial charge is 0.481 e. The van der Waals surface area contributed by atoms with Gasteiger partial charge in [0.25, 0.3) is 0 Å². The summed E-state index contributed by atoms with van der Waals surface area (Å²) in [7, 11) is 0. The molecule has 10 rings (SSSR count). The number of aromatic nitrogens is 1. The van der Waals surface area contributed by atoms with Crippen LogP contribution in [0, 0.1) is 11.8 Å². The van der Waals surface area contributed by atoms with Crippen molar-refractivity contribution in [2.24, 2.45) is 11.8 Å². The summed E-state index contributed by atoms with van der Waals surface area (Å²) in [5.41, 5.74) is 5.56. The molecule has 90 heavy (non-hydrogen) atoms. The highest BCUT2D eigenvalue weighted by Crippen LogP contribution is 2.36.